The minimum absolute atomic E-state index is 0. The van der Waals surface area contributed by atoms with Crippen LogP contribution < -0.4 is 0 Å². The number of halogens is 2. The fourth-order valence-electron chi connectivity index (χ4n) is 2.42. The van der Waals surface area contributed by atoms with E-state index in [0.717, 1.165) is 23.3 Å². The van der Waals surface area contributed by atoms with E-state index in [9.17, 15) is 0 Å². The summed E-state index contributed by atoms with van der Waals surface area (Å²) in [5.41, 5.74) is 2.61. The first-order chi connectivity index (χ1) is 8.59. The second-order valence-electron chi connectivity index (χ2n) is 5.07. The van der Waals surface area contributed by atoms with Gasteiger partial charge in [0, 0.05) is 22.7 Å². The highest BCUT2D eigenvalue weighted by Gasteiger charge is 2.36. The van der Waals surface area contributed by atoms with Gasteiger partial charge in [-0.15, -0.1) is 17.0 Å². The number of aliphatic imine (C=N–C) groups is 1. The Morgan fingerprint density at radius 3 is 2.63 bits per heavy atom. The topological polar surface area (TPSA) is 15.6 Å². The SMILES string of the molecule is Br.CC(C)(C1=CSC2=NCCN12)c1ccc(Cl)cc1. The van der Waals surface area contributed by atoms with Gasteiger partial charge in [-0.2, -0.15) is 0 Å². The predicted octanol–water partition coefficient (Wildman–Crippen LogP) is 4.46. The van der Waals surface area contributed by atoms with Crippen LogP contribution in [0.2, 0.25) is 5.02 Å². The third kappa shape index (κ3) is 2.58. The molecule has 0 N–H and O–H groups in total. The molecule has 5 heteroatoms. The summed E-state index contributed by atoms with van der Waals surface area (Å²) in [4.78, 5) is 6.83. The Bertz CT molecular complexity index is 537. The van der Waals surface area contributed by atoms with Crippen LogP contribution in [0.15, 0.2) is 40.4 Å². The molecule has 0 radical (unpaired) electrons. The van der Waals surface area contributed by atoms with Crippen molar-refractivity contribution in [2.24, 2.45) is 4.99 Å². The van der Waals surface area contributed by atoms with E-state index in [1.54, 1.807) is 11.8 Å². The van der Waals surface area contributed by atoms with Crippen LogP contribution in [-0.4, -0.2) is 23.2 Å². The van der Waals surface area contributed by atoms with Gasteiger partial charge in [0.15, 0.2) is 5.17 Å². The molecule has 19 heavy (non-hydrogen) atoms. The zero-order chi connectivity index (χ0) is 12.8. The Kier molecular flexibility index (Phi) is 4.33. The van der Waals surface area contributed by atoms with E-state index in [-0.39, 0.29) is 22.4 Å². The molecule has 2 heterocycles. The molecule has 0 aliphatic carbocycles. The number of benzene rings is 1. The van der Waals surface area contributed by atoms with Crippen LogP contribution in [0.1, 0.15) is 19.4 Å². The lowest BCUT2D eigenvalue weighted by molar-refractivity contribution is 0.450. The molecule has 2 aliphatic heterocycles. The molecule has 1 aromatic rings. The van der Waals surface area contributed by atoms with E-state index in [1.807, 2.05) is 12.1 Å². The Labute approximate surface area is 133 Å². The summed E-state index contributed by atoms with van der Waals surface area (Å²) in [5.74, 6) is 0. The minimum Gasteiger partial charge on any atom is -0.321 e. The smallest absolute Gasteiger partial charge is 0.167 e. The second kappa shape index (κ2) is 5.51. The summed E-state index contributed by atoms with van der Waals surface area (Å²) in [7, 11) is 0. The molecule has 0 fully saturated rings. The molecule has 0 bridgehead atoms. The van der Waals surface area contributed by atoms with Crippen molar-refractivity contribution in [1.82, 2.24) is 4.90 Å². The fraction of sp³-hybridized carbons (Fsp3) is 0.357. The second-order valence-corrected chi connectivity index (χ2v) is 6.34. The molecule has 0 saturated carbocycles. The maximum atomic E-state index is 5.96. The van der Waals surface area contributed by atoms with E-state index in [2.05, 4.69) is 41.3 Å². The molecule has 0 atom stereocenters. The maximum absolute atomic E-state index is 5.96. The van der Waals surface area contributed by atoms with E-state index in [1.165, 1.54) is 11.3 Å². The third-order valence-corrected chi connectivity index (χ3v) is 4.73. The van der Waals surface area contributed by atoms with Gasteiger partial charge in [0.1, 0.15) is 0 Å². The monoisotopic (exact) mass is 358 g/mol. The van der Waals surface area contributed by atoms with Crippen LogP contribution in [-0.2, 0) is 5.41 Å². The van der Waals surface area contributed by atoms with E-state index in [0.29, 0.717) is 0 Å². The lowest BCUT2D eigenvalue weighted by atomic mass is 9.81. The molecule has 0 unspecified atom stereocenters. The van der Waals surface area contributed by atoms with Gasteiger partial charge in [-0.25, -0.2) is 0 Å². The predicted molar refractivity (Wildman–Crippen MR) is 89.5 cm³/mol. The lowest BCUT2D eigenvalue weighted by Crippen LogP contribution is -2.32. The Morgan fingerprint density at radius 2 is 1.95 bits per heavy atom. The lowest BCUT2D eigenvalue weighted by Gasteiger charge is -2.32. The van der Waals surface area contributed by atoms with Crippen molar-refractivity contribution in [3.8, 4) is 0 Å². The van der Waals surface area contributed by atoms with Gasteiger partial charge < -0.3 is 4.90 Å². The Balaban J connectivity index is 0.00000133. The number of hydrogen-bond donors (Lipinski definition) is 0. The molecule has 0 saturated heterocycles. The largest absolute Gasteiger partial charge is 0.321 e. The van der Waals surface area contributed by atoms with E-state index < -0.39 is 0 Å². The number of rotatable bonds is 2. The average Bonchev–Trinajstić information content (AvgIpc) is 2.90. The van der Waals surface area contributed by atoms with Crippen LogP contribution in [0.5, 0.6) is 0 Å². The number of nitrogens with zero attached hydrogens (tertiary/aromatic N) is 2. The van der Waals surface area contributed by atoms with Crippen molar-refractivity contribution in [2.75, 3.05) is 13.1 Å². The molecule has 102 valence electrons. The molecule has 2 aliphatic rings. The minimum atomic E-state index is -0.0147. The van der Waals surface area contributed by atoms with Gasteiger partial charge >= 0.3 is 0 Å². The quantitative estimate of drug-likeness (QED) is 0.775. The molecular formula is C14H16BrClN2S. The van der Waals surface area contributed by atoms with E-state index in [4.69, 9.17) is 11.6 Å². The molecule has 2 nitrogen and oxygen atoms in total. The van der Waals surface area contributed by atoms with Gasteiger partial charge in [-0.3, -0.25) is 4.99 Å². The van der Waals surface area contributed by atoms with Crippen molar-refractivity contribution in [3.05, 3.63) is 46.0 Å². The number of fused-ring (bicyclic) bond motifs is 1. The number of amidine groups is 1. The maximum Gasteiger partial charge on any atom is 0.167 e. The third-order valence-electron chi connectivity index (χ3n) is 3.57. The highest BCUT2D eigenvalue weighted by atomic mass is 79.9. The summed E-state index contributed by atoms with van der Waals surface area (Å²) >= 11 is 7.70. The van der Waals surface area contributed by atoms with Crippen LogP contribution in [0.25, 0.3) is 0 Å². The normalized spacial score (nSPS) is 17.7. The first kappa shape index (κ1) is 14.9. The summed E-state index contributed by atoms with van der Waals surface area (Å²) in [6.07, 6.45) is 0. The standard InChI is InChI=1S/C14H15ClN2S.BrH/c1-14(2,10-3-5-11(15)6-4-10)12-9-18-13-16-7-8-17(12)13;/h3-6,9H,7-8H2,1-2H3;1H. The van der Waals surface area contributed by atoms with E-state index >= 15 is 0 Å². The van der Waals surface area contributed by atoms with Crippen molar-refractivity contribution in [3.63, 3.8) is 0 Å². The first-order valence-electron chi connectivity index (χ1n) is 6.04. The van der Waals surface area contributed by atoms with Gasteiger partial charge in [0.25, 0.3) is 0 Å². The Hall–Kier alpha value is -0.450. The average molecular weight is 360 g/mol. The molecule has 0 aromatic heterocycles. The fourth-order valence-corrected chi connectivity index (χ4v) is 3.67. The summed E-state index contributed by atoms with van der Waals surface area (Å²) in [6, 6.07) is 8.14. The zero-order valence-electron chi connectivity index (χ0n) is 10.9. The molecule has 1 aromatic carbocycles. The van der Waals surface area contributed by atoms with Crippen LogP contribution in [0, 0.1) is 0 Å². The van der Waals surface area contributed by atoms with Crippen molar-refractivity contribution in [2.45, 2.75) is 19.3 Å². The summed E-state index contributed by atoms with van der Waals surface area (Å²) < 4.78 is 0. The van der Waals surface area contributed by atoms with Gasteiger partial charge in [-0.05, 0) is 23.1 Å². The Morgan fingerprint density at radius 1 is 1.26 bits per heavy atom. The van der Waals surface area contributed by atoms with Crippen LogP contribution >= 0.6 is 40.3 Å². The van der Waals surface area contributed by atoms with Crippen molar-refractivity contribution in [1.29, 1.82) is 0 Å². The molecule has 0 spiro atoms. The number of thioether (sulfide) groups is 1. The first-order valence-corrected chi connectivity index (χ1v) is 7.30. The van der Waals surface area contributed by atoms with Crippen molar-refractivity contribution < 1.29 is 0 Å². The number of hydrogen-bond acceptors (Lipinski definition) is 3. The molecule has 3 rings (SSSR count). The molecule has 0 amide bonds. The van der Waals surface area contributed by atoms with Crippen LogP contribution in [0.4, 0.5) is 0 Å². The molecular weight excluding hydrogens is 344 g/mol. The van der Waals surface area contributed by atoms with Gasteiger partial charge in [0.2, 0.25) is 0 Å². The van der Waals surface area contributed by atoms with Gasteiger partial charge in [0.05, 0.1) is 6.54 Å². The van der Waals surface area contributed by atoms with Gasteiger partial charge in [-0.1, -0.05) is 49.3 Å². The highest BCUT2D eigenvalue weighted by molar-refractivity contribution is 8.93. The van der Waals surface area contributed by atoms with Crippen LogP contribution in [0.3, 0.4) is 0 Å². The zero-order valence-corrected chi connectivity index (χ0v) is 14.2. The number of allylic oxidation sites excluding steroid dienone is 1. The summed E-state index contributed by atoms with van der Waals surface area (Å²) in [6.45, 7) is 6.43. The summed E-state index contributed by atoms with van der Waals surface area (Å²) in [5, 5.41) is 4.16. The highest BCUT2D eigenvalue weighted by Crippen LogP contribution is 2.41. The van der Waals surface area contributed by atoms with Crippen molar-refractivity contribution >= 4 is 45.5 Å².